The summed E-state index contributed by atoms with van der Waals surface area (Å²) >= 11 is 6.20. The fourth-order valence-corrected chi connectivity index (χ4v) is 5.44. The third-order valence-electron chi connectivity index (χ3n) is 6.82. The molecule has 3 atom stereocenters. The quantitative estimate of drug-likeness (QED) is 0.534. The van der Waals surface area contributed by atoms with Crippen LogP contribution in [-0.2, 0) is 19.1 Å². The molecule has 3 fully saturated rings. The van der Waals surface area contributed by atoms with Gasteiger partial charge in [-0.15, -0.1) is 0 Å². The Kier molecular flexibility index (Phi) is 7.95. The predicted molar refractivity (Wildman–Crippen MR) is 125 cm³/mol. The number of rotatable bonds is 7. The maximum atomic E-state index is 13.6. The van der Waals surface area contributed by atoms with Gasteiger partial charge in [0, 0.05) is 55.6 Å². The van der Waals surface area contributed by atoms with Gasteiger partial charge in [0.2, 0.25) is 5.91 Å². The molecule has 3 aliphatic heterocycles. The number of esters is 1. The number of hydrogen-bond donors (Lipinski definition) is 0. The van der Waals surface area contributed by atoms with Gasteiger partial charge in [-0.25, -0.2) is 4.79 Å². The van der Waals surface area contributed by atoms with Crippen molar-refractivity contribution in [2.45, 2.75) is 31.8 Å². The summed E-state index contributed by atoms with van der Waals surface area (Å²) < 4.78 is 16.0. The van der Waals surface area contributed by atoms with E-state index in [9.17, 15) is 14.4 Å². The molecule has 1 aromatic rings. The van der Waals surface area contributed by atoms with E-state index in [2.05, 4.69) is 4.90 Å². The molecule has 3 aliphatic rings. The average Bonchev–Trinajstić information content (AvgIpc) is 3.11. The summed E-state index contributed by atoms with van der Waals surface area (Å²) in [6.45, 7) is 6.52. The summed E-state index contributed by atoms with van der Waals surface area (Å²) in [5.74, 6) is -0.405. The Bertz CT molecular complexity index is 922. The van der Waals surface area contributed by atoms with Gasteiger partial charge in [-0.05, 0) is 31.5 Å². The highest BCUT2D eigenvalue weighted by atomic mass is 35.5. The van der Waals surface area contributed by atoms with Gasteiger partial charge in [0.25, 0.3) is 5.91 Å². The fraction of sp³-hybridized carbons (Fsp3) is 0.625. The number of ether oxygens (including phenoxy) is 3. The smallest absolute Gasteiger partial charge is 0.329 e. The number of hydrogen-bond acceptors (Lipinski definition) is 7. The van der Waals surface area contributed by atoms with Crippen LogP contribution in [0.3, 0.4) is 0 Å². The van der Waals surface area contributed by atoms with Crippen molar-refractivity contribution in [2.24, 2.45) is 5.92 Å². The molecule has 3 heterocycles. The minimum Gasteiger partial charge on any atom is -0.497 e. The van der Waals surface area contributed by atoms with Crippen LogP contribution in [0.4, 0.5) is 0 Å². The fourth-order valence-electron chi connectivity index (χ4n) is 5.21. The number of halogens is 1. The largest absolute Gasteiger partial charge is 0.497 e. The van der Waals surface area contributed by atoms with Gasteiger partial charge in [0.15, 0.2) is 0 Å². The van der Waals surface area contributed by atoms with Gasteiger partial charge in [0.1, 0.15) is 11.8 Å². The summed E-state index contributed by atoms with van der Waals surface area (Å²) in [7, 11) is 1.50. The lowest BCUT2D eigenvalue weighted by Crippen LogP contribution is -2.48. The molecule has 0 spiro atoms. The zero-order valence-electron chi connectivity index (χ0n) is 19.7. The van der Waals surface area contributed by atoms with Gasteiger partial charge in [0.05, 0.1) is 33.0 Å². The number of piperidine rings is 1. The van der Waals surface area contributed by atoms with Gasteiger partial charge >= 0.3 is 5.97 Å². The van der Waals surface area contributed by atoms with E-state index in [-0.39, 0.29) is 30.4 Å². The van der Waals surface area contributed by atoms with Crippen molar-refractivity contribution in [1.82, 2.24) is 14.7 Å². The van der Waals surface area contributed by atoms with Gasteiger partial charge in [-0.1, -0.05) is 11.6 Å². The minimum absolute atomic E-state index is 0.0440. The molecule has 0 aliphatic carbocycles. The molecule has 0 aromatic heterocycles. The maximum absolute atomic E-state index is 13.6. The van der Waals surface area contributed by atoms with Crippen LogP contribution in [0.15, 0.2) is 18.2 Å². The van der Waals surface area contributed by atoms with Crippen molar-refractivity contribution in [2.75, 3.05) is 59.7 Å². The van der Waals surface area contributed by atoms with Crippen LogP contribution in [0.2, 0.25) is 5.02 Å². The van der Waals surface area contributed by atoms with E-state index < -0.39 is 12.0 Å². The van der Waals surface area contributed by atoms with Crippen molar-refractivity contribution in [1.29, 1.82) is 0 Å². The molecular formula is C24H32ClN3O6. The molecule has 0 saturated carbocycles. The van der Waals surface area contributed by atoms with Gasteiger partial charge < -0.3 is 24.0 Å². The second-order valence-electron chi connectivity index (χ2n) is 8.94. The van der Waals surface area contributed by atoms with Crippen molar-refractivity contribution in [3.63, 3.8) is 0 Å². The monoisotopic (exact) mass is 493 g/mol. The van der Waals surface area contributed by atoms with Crippen LogP contribution in [0.1, 0.15) is 30.1 Å². The van der Waals surface area contributed by atoms with E-state index in [1.165, 1.54) is 7.11 Å². The number of carbonyl (C=O) groups is 3. The van der Waals surface area contributed by atoms with E-state index in [1.54, 1.807) is 34.9 Å². The molecule has 4 rings (SSSR count). The first-order chi connectivity index (χ1) is 16.4. The van der Waals surface area contributed by atoms with Crippen molar-refractivity contribution in [3.05, 3.63) is 28.8 Å². The van der Waals surface area contributed by atoms with E-state index >= 15 is 0 Å². The molecule has 2 amide bonds. The second-order valence-corrected chi connectivity index (χ2v) is 9.38. The van der Waals surface area contributed by atoms with Crippen LogP contribution in [0.5, 0.6) is 5.75 Å². The number of nitrogens with zero attached hydrogens (tertiary/aromatic N) is 3. The lowest BCUT2D eigenvalue weighted by Gasteiger charge is -2.33. The molecule has 0 unspecified atom stereocenters. The Morgan fingerprint density at radius 1 is 1.15 bits per heavy atom. The first-order valence-corrected chi connectivity index (χ1v) is 12.2. The SMILES string of the molecule is CCOC(=O)[C@H]1[C@H]2C[C@@H](CN(C(=O)CCN3CCOCC3)C2)N1C(=O)c1cc(Cl)cc(OC)c1. The van der Waals surface area contributed by atoms with Crippen LogP contribution in [-0.4, -0.2) is 104 Å². The molecule has 1 aromatic carbocycles. The normalized spacial score (nSPS) is 24.7. The van der Waals surface area contributed by atoms with E-state index in [0.29, 0.717) is 62.0 Å². The summed E-state index contributed by atoms with van der Waals surface area (Å²) in [5, 5.41) is 0.373. The maximum Gasteiger partial charge on any atom is 0.329 e. The van der Waals surface area contributed by atoms with Crippen molar-refractivity contribution in [3.8, 4) is 5.75 Å². The van der Waals surface area contributed by atoms with Gasteiger partial charge in [-0.3, -0.25) is 14.5 Å². The Morgan fingerprint density at radius 2 is 1.91 bits per heavy atom. The standard InChI is InChI=1S/C24H32ClN3O6/c1-3-34-24(31)22-17-11-19(28(22)23(30)16-10-18(25)13-20(12-16)32-2)15-27(14-17)21(29)4-5-26-6-8-33-9-7-26/h10,12-13,17,19,22H,3-9,11,14-15H2,1-2H3/t17-,19-,22+/m0/s1. The molecule has 0 radical (unpaired) electrons. The first-order valence-electron chi connectivity index (χ1n) is 11.8. The Labute approximate surface area is 204 Å². The number of likely N-dealkylation sites (tertiary alicyclic amines) is 2. The highest BCUT2D eigenvalue weighted by Crippen LogP contribution is 2.38. The van der Waals surface area contributed by atoms with Crippen LogP contribution < -0.4 is 4.74 Å². The molecular weight excluding hydrogens is 462 g/mol. The Morgan fingerprint density at radius 3 is 2.62 bits per heavy atom. The van der Waals surface area contributed by atoms with Crippen molar-refractivity contribution < 1.29 is 28.6 Å². The van der Waals surface area contributed by atoms with E-state index in [0.717, 1.165) is 13.1 Å². The number of methoxy groups -OCH3 is 1. The molecule has 0 N–H and O–H groups in total. The van der Waals surface area contributed by atoms with E-state index in [4.69, 9.17) is 25.8 Å². The molecule has 186 valence electrons. The summed E-state index contributed by atoms with van der Waals surface area (Å²) in [4.78, 5) is 45.2. The third kappa shape index (κ3) is 5.31. The number of carbonyl (C=O) groups excluding carboxylic acids is 3. The third-order valence-corrected chi connectivity index (χ3v) is 7.03. The molecule has 2 bridgehead atoms. The van der Waals surface area contributed by atoms with Crippen LogP contribution in [0.25, 0.3) is 0 Å². The molecule has 10 heteroatoms. The number of benzene rings is 1. The van der Waals surface area contributed by atoms with Crippen LogP contribution in [0, 0.1) is 5.92 Å². The summed E-state index contributed by atoms with van der Waals surface area (Å²) in [6.07, 6.45) is 1.06. The van der Waals surface area contributed by atoms with E-state index in [1.807, 2.05) is 0 Å². The second kappa shape index (κ2) is 10.9. The molecule has 9 nitrogen and oxygen atoms in total. The zero-order valence-corrected chi connectivity index (χ0v) is 20.5. The molecule has 3 saturated heterocycles. The van der Waals surface area contributed by atoms with Crippen LogP contribution >= 0.6 is 11.6 Å². The zero-order chi connectivity index (χ0) is 24.2. The summed E-state index contributed by atoms with van der Waals surface area (Å²) in [5.41, 5.74) is 0.344. The average molecular weight is 494 g/mol. The Balaban J connectivity index is 1.52. The number of morpholine rings is 1. The highest BCUT2D eigenvalue weighted by molar-refractivity contribution is 6.31. The molecule has 34 heavy (non-hydrogen) atoms. The number of fused-ring (bicyclic) bond motifs is 2. The van der Waals surface area contributed by atoms with Gasteiger partial charge in [-0.2, -0.15) is 0 Å². The predicted octanol–water partition coefficient (Wildman–Crippen LogP) is 1.68. The number of amides is 2. The Hall–Kier alpha value is -2.36. The lowest BCUT2D eigenvalue weighted by molar-refractivity contribution is -0.149. The highest BCUT2D eigenvalue weighted by Gasteiger charge is 2.52. The minimum atomic E-state index is -0.737. The van der Waals surface area contributed by atoms with Crippen molar-refractivity contribution >= 4 is 29.4 Å². The lowest BCUT2D eigenvalue weighted by atomic mass is 9.94. The summed E-state index contributed by atoms with van der Waals surface area (Å²) in [6, 6.07) is 3.81. The topological polar surface area (TPSA) is 88.6 Å². The first kappa shape index (κ1) is 24.8.